The van der Waals surface area contributed by atoms with E-state index in [1.165, 1.54) is 12.1 Å². The van der Waals surface area contributed by atoms with E-state index in [9.17, 15) is 8.78 Å². The SMILES string of the molecule is CCC(SSC(CC)c1cccc(F)c1)c1cccc(F)c1. The van der Waals surface area contributed by atoms with Gasteiger partial charge in [-0.15, -0.1) is 0 Å². The molecule has 22 heavy (non-hydrogen) atoms. The zero-order chi connectivity index (χ0) is 15.9. The molecule has 0 nitrogen and oxygen atoms in total. The van der Waals surface area contributed by atoms with Gasteiger partial charge in [0.15, 0.2) is 0 Å². The van der Waals surface area contributed by atoms with Crippen molar-refractivity contribution in [1.82, 2.24) is 0 Å². The maximum Gasteiger partial charge on any atom is 0.123 e. The van der Waals surface area contributed by atoms with E-state index in [-0.39, 0.29) is 22.1 Å². The molecule has 0 saturated heterocycles. The monoisotopic (exact) mass is 338 g/mol. The highest BCUT2D eigenvalue weighted by atomic mass is 33.1. The van der Waals surface area contributed by atoms with Crippen molar-refractivity contribution in [1.29, 1.82) is 0 Å². The molecule has 0 N–H and O–H groups in total. The minimum absolute atomic E-state index is 0.196. The summed E-state index contributed by atoms with van der Waals surface area (Å²) in [6.45, 7) is 4.21. The molecule has 0 aliphatic heterocycles. The lowest BCUT2D eigenvalue weighted by Crippen LogP contribution is -1.95. The Morgan fingerprint density at radius 2 is 1.18 bits per heavy atom. The van der Waals surface area contributed by atoms with E-state index in [1.54, 1.807) is 45.9 Å². The lowest BCUT2D eigenvalue weighted by Gasteiger charge is -2.19. The molecule has 0 spiro atoms. The van der Waals surface area contributed by atoms with Crippen LogP contribution in [0.4, 0.5) is 8.78 Å². The van der Waals surface area contributed by atoms with Crippen molar-refractivity contribution in [3.05, 3.63) is 71.3 Å². The van der Waals surface area contributed by atoms with E-state index in [0.717, 1.165) is 24.0 Å². The van der Waals surface area contributed by atoms with Crippen LogP contribution in [0.25, 0.3) is 0 Å². The Kier molecular flexibility index (Phi) is 6.77. The van der Waals surface area contributed by atoms with Crippen molar-refractivity contribution in [2.75, 3.05) is 0 Å². The molecule has 0 saturated carbocycles. The maximum atomic E-state index is 13.4. The Bertz CT molecular complexity index is 548. The standard InChI is InChI=1S/C18H20F2S2/c1-3-17(13-7-5-9-15(19)11-13)21-22-18(4-2)14-8-6-10-16(20)12-14/h5-12,17-18H,3-4H2,1-2H3. The van der Waals surface area contributed by atoms with Crippen molar-refractivity contribution in [3.63, 3.8) is 0 Å². The van der Waals surface area contributed by atoms with E-state index in [0.29, 0.717) is 0 Å². The molecule has 0 amide bonds. The molecular weight excluding hydrogens is 318 g/mol. The number of rotatable bonds is 7. The summed E-state index contributed by atoms with van der Waals surface area (Å²) in [5.74, 6) is -0.391. The molecule has 0 radical (unpaired) electrons. The smallest absolute Gasteiger partial charge is 0.123 e. The molecule has 118 valence electrons. The first kappa shape index (κ1) is 17.4. The van der Waals surface area contributed by atoms with Gasteiger partial charge in [-0.1, -0.05) is 59.7 Å². The molecule has 2 aromatic rings. The van der Waals surface area contributed by atoms with Crippen LogP contribution >= 0.6 is 21.6 Å². The van der Waals surface area contributed by atoms with E-state index in [4.69, 9.17) is 0 Å². The molecular formula is C18H20F2S2. The van der Waals surface area contributed by atoms with Crippen molar-refractivity contribution >= 4 is 21.6 Å². The average Bonchev–Trinajstić information content (AvgIpc) is 2.52. The zero-order valence-corrected chi connectivity index (χ0v) is 14.4. The fourth-order valence-electron chi connectivity index (χ4n) is 2.27. The van der Waals surface area contributed by atoms with E-state index in [1.807, 2.05) is 12.1 Å². The van der Waals surface area contributed by atoms with Crippen molar-refractivity contribution in [2.45, 2.75) is 37.2 Å². The summed E-state index contributed by atoms with van der Waals surface area (Å²) in [6, 6.07) is 13.6. The second kappa shape index (κ2) is 8.59. The van der Waals surface area contributed by atoms with Gasteiger partial charge in [0.25, 0.3) is 0 Å². The second-order valence-corrected chi connectivity index (χ2v) is 7.77. The molecule has 0 aromatic heterocycles. The fourth-order valence-corrected chi connectivity index (χ4v) is 5.61. The van der Waals surface area contributed by atoms with Crippen LogP contribution in [-0.2, 0) is 0 Å². The van der Waals surface area contributed by atoms with Crippen LogP contribution in [0, 0.1) is 11.6 Å². The van der Waals surface area contributed by atoms with Gasteiger partial charge < -0.3 is 0 Å². The predicted molar refractivity (Wildman–Crippen MR) is 94.0 cm³/mol. The van der Waals surface area contributed by atoms with Crippen LogP contribution in [0.5, 0.6) is 0 Å². The highest BCUT2D eigenvalue weighted by molar-refractivity contribution is 8.76. The summed E-state index contributed by atoms with van der Waals surface area (Å²) >= 11 is 0. The summed E-state index contributed by atoms with van der Waals surface area (Å²) in [5, 5.41) is 0.478. The Labute approximate surface area is 139 Å². The quantitative estimate of drug-likeness (QED) is 0.501. The van der Waals surface area contributed by atoms with Gasteiger partial charge in [0.2, 0.25) is 0 Å². The third-order valence-electron chi connectivity index (χ3n) is 3.47. The predicted octanol–water partition coefficient (Wildman–Crippen LogP) is 6.95. The highest BCUT2D eigenvalue weighted by Crippen LogP contribution is 2.48. The number of halogens is 2. The summed E-state index contributed by atoms with van der Waals surface area (Å²) in [4.78, 5) is 0. The Hall–Kier alpha value is -1.00. The minimum atomic E-state index is -0.196. The van der Waals surface area contributed by atoms with Crippen LogP contribution in [0.3, 0.4) is 0 Å². The average molecular weight is 338 g/mol. The lowest BCUT2D eigenvalue weighted by atomic mass is 10.1. The second-order valence-electron chi connectivity index (χ2n) is 5.10. The first-order chi connectivity index (χ1) is 10.6. The topological polar surface area (TPSA) is 0 Å². The summed E-state index contributed by atoms with van der Waals surface area (Å²) < 4.78 is 26.8. The first-order valence-electron chi connectivity index (χ1n) is 7.47. The van der Waals surface area contributed by atoms with Crippen LogP contribution in [0.2, 0.25) is 0 Å². The first-order valence-corrected chi connectivity index (χ1v) is 9.74. The largest absolute Gasteiger partial charge is 0.207 e. The summed E-state index contributed by atoms with van der Waals surface area (Å²) in [7, 11) is 3.49. The van der Waals surface area contributed by atoms with Gasteiger partial charge in [0.1, 0.15) is 11.6 Å². The van der Waals surface area contributed by atoms with Crippen LogP contribution in [0.15, 0.2) is 48.5 Å². The Balaban J connectivity index is 2.05. The van der Waals surface area contributed by atoms with Crippen LogP contribution in [-0.4, -0.2) is 0 Å². The van der Waals surface area contributed by atoms with Gasteiger partial charge in [-0.05, 0) is 48.2 Å². The molecule has 2 aromatic carbocycles. The molecule has 0 bridgehead atoms. The zero-order valence-electron chi connectivity index (χ0n) is 12.8. The third-order valence-corrected chi connectivity index (χ3v) is 6.98. The van der Waals surface area contributed by atoms with Gasteiger partial charge in [-0.25, -0.2) is 8.78 Å². The molecule has 2 unspecified atom stereocenters. The van der Waals surface area contributed by atoms with E-state index < -0.39 is 0 Å². The maximum absolute atomic E-state index is 13.4. The molecule has 2 rings (SSSR count). The highest BCUT2D eigenvalue weighted by Gasteiger charge is 2.16. The van der Waals surface area contributed by atoms with Crippen LogP contribution in [0.1, 0.15) is 48.3 Å². The van der Waals surface area contributed by atoms with Crippen molar-refractivity contribution in [3.8, 4) is 0 Å². The van der Waals surface area contributed by atoms with Gasteiger partial charge >= 0.3 is 0 Å². The molecule has 4 heteroatoms. The molecule has 0 fully saturated rings. The molecule has 2 atom stereocenters. The number of hydrogen-bond donors (Lipinski definition) is 0. The van der Waals surface area contributed by atoms with E-state index in [2.05, 4.69) is 13.8 Å². The minimum Gasteiger partial charge on any atom is -0.207 e. The van der Waals surface area contributed by atoms with Crippen molar-refractivity contribution in [2.24, 2.45) is 0 Å². The van der Waals surface area contributed by atoms with Gasteiger partial charge in [0, 0.05) is 10.5 Å². The van der Waals surface area contributed by atoms with E-state index >= 15 is 0 Å². The summed E-state index contributed by atoms with van der Waals surface area (Å²) in [5.41, 5.74) is 2.02. The fraction of sp³-hybridized carbons (Fsp3) is 0.333. The number of hydrogen-bond acceptors (Lipinski definition) is 2. The lowest BCUT2D eigenvalue weighted by molar-refractivity contribution is 0.624. The molecule has 0 aliphatic rings. The van der Waals surface area contributed by atoms with Gasteiger partial charge in [-0.3, -0.25) is 0 Å². The van der Waals surface area contributed by atoms with Crippen molar-refractivity contribution < 1.29 is 8.78 Å². The van der Waals surface area contributed by atoms with Crippen LogP contribution < -0.4 is 0 Å². The van der Waals surface area contributed by atoms with Gasteiger partial charge in [0.05, 0.1) is 0 Å². The molecule has 0 heterocycles. The van der Waals surface area contributed by atoms with Gasteiger partial charge in [-0.2, -0.15) is 0 Å². The Morgan fingerprint density at radius 1 is 0.773 bits per heavy atom. The third kappa shape index (κ3) is 4.75. The Morgan fingerprint density at radius 3 is 1.50 bits per heavy atom. The summed E-state index contributed by atoms with van der Waals surface area (Å²) in [6.07, 6.45) is 1.86. The normalized spacial score (nSPS) is 13.8. The number of benzene rings is 2. The molecule has 0 aliphatic carbocycles.